The van der Waals surface area contributed by atoms with Crippen molar-refractivity contribution < 1.29 is 9.59 Å². The molecule has 7 heteroatoms. The number of guanidine groups is 1. The minimum absolute atomic E-state index is 0.0550. The van der Waals surface area contributed by atoms with Crippen LogP contribution in [0.1, 0.15) is 92.4 Å². The van der Waals surface area contributed by atoms with E-state index >= 15 is 0 Å². The SMILES string of the molecule is [C-]#[N+]C1=C[C@]2(C)C3=CC(=O)[C@@H]4[C@@H]5CC6(CC6)CC[C@]5(NC(=NC)NC#N)CC[C@@]4(C)[C@]3(C)CC[C@H]2C(C)(C)C1=O. The Kier molecular flexibility index (Phi) is 5.66. The lowest BCUT2D eigenvalue weighted by Gasteiger charge is -2.69. The number of hydrogen-bond acceptors (Lipinski definition) is 4. The standard InChI is InChI=1S/C33H43N5O2/c1-28(2)23-8-9-30(4)24(29(23,3)18-21(35-6)26(28)40)16-22(39)25-20-17-32(11-12-32)13-15-33(20,14-10-31(25,30)5)38-27(36-7)37-19-34/h16,18,20,23,25H,8-15,17H2,1-5,7H3,(H2,36,37,38)/t20-,23-,25-,29-,30+,31+,33+/m0/s1. The molecular formula is C33H43N5O2. The molecule has 1 spiro atoms. The van der Waals surface area contributed by atoms with Gasteiger partial charge in [0.25, 0.3) is 0 Å². The summed E-state index contributed by atoms with van der Waals surface area (Å²) < 4.78 is 0. The molecule has 0 aromatic rings. The summed E-state index contributed by atoms with van der Waals surface area (Å²) in [5, 5.41) is 15.8. The van der Waals surface area contributed by atoms with Crippen molar-refractivity contribution in [1.29, 1.82) is 5.26 Å². The molecule has 4 saturated carbocycles. The molecule has 40 heavy (non-hydrogen) atoms. The van der Waals surface area contributed by atoms with E-state index < -0.39 is 10.8 Å². The monoisotopic (exact) mass is 541 g/mol. The summed E-state index contributed by atoms with van der Waals surface area (Å²) in [4.78, 5) is 35.9. The molecule has 212 valence electrons. The van der Waals surface area contributed by atoms with Crippen molar-refractivity contribution in [2.24, 2.45) is 49.8 Å². The van der Waals surface area contributed by atoms with E-state index in [1.54, 1.807) is 7.05 Å². The Hall–Kier alpha value is -2.93. The van der Waals surface area contributed by atoms with Crippen LogP contribution < -0.4 is 10.6 Å². The quantitative estimate of drug-likeness (QED) is 0.146. The summed E-state index contributed by atoms with van der Waals surface area (Å²) in [6.45, 7) is 18.7. The minimum Gasteiger partial charge on any atom is -0.350 e. The van der Waals surface area contributed by atoms with Crippen molar-refractivity contribution in [2.45, 2.75) is 97.9 Å². The number of nitrogens with zero attached hydrogens (tertiary/aromatic N) is 3. The molecule has 0 heterocycles. The number of fused-ring (bicyclic) bond motifs is 7. The van der Waals surface area contributed by atoms with Gasteiger partial charge >= 0.3 is 0 Å². The van der Waals surface area contributed by atoms with E-state index in [-0.39, 0.29) is 51.4 Å². The fourth-order valence-electron chi connectivity index (χ4n) is 10.7. The first-order chi connectivity index (χ1) is 18.8. The van der Waals surface area contributed by atoms with Gasteiger partial charge in [0, 0.05) is 29.3 Å². The van der Waals surface area contributed by atoms with Crippen molar-refractivity contribution in [3.63, 3.8) is 0 Å². The Bertz CT molecular complexity index is 1370. The van der Waals surface area contributed by atoms with Crippen LogP contribution in [0.15, 0.2) is 28.4 Å². The summed E-state index contributed by atoms with van der Waals surface area (Å²) in [5.74, 6) is 0.729. The van der Waals surface area contributed by atoms with E-state index in [9.17, 15) is 14.9 Å². The normalized spacial score (nSPS) is 44.4. The van der Waals surface area contributed by atoms with Gasteiger partial charge in [-0.25, -0.2) is 4.85 Å². The third-order valence-electron chi connectivity index (χ3n) is 13.3. The lowest BCUT2D eigenvalue weighted by atomic mass is 9.35. The molecule has 7 atom stereocenters. The summed E-state index contributed by atoms with van der Waals surface area (Å²) in [5.41, 5.74) is -0.172. The zero-order valence-electron chi connectivity index (χ0n) is 24.9. The molecule has 6 aliphatic rings. The molecule has 0 aliphatic heterocycles. The van der Waals surface area contributed by atoms with E-state index in [2.05, 4.69) is 41.2 Å². The number of nitriles is 1. The smallest absolute Gasteiger partial charge is 0.226 e. The maximum absolute atomic E-state index is 14.6. The first-order valence-electron chi connectivity index (χ1n) is 15.1. The van der Waals surface area contributed by atoms with Crippen LogP contribution in [0, 0.1) is 62.9 Å². The van der Waals surface area contributed by atoms with Crippen LogP contribution in [0.2, 0.25) is 0 Å². The van der Waals surface area contributed by atoms with Gasteiger partial charge in [-0.05, 0) is 91.9 Å². The Balaban J connectivity index is 1.49. The number of Topliss-reactive ketones (excluding diaryl/α,β-unsaturated/α-hetero) is 1. The van der Waals surface area contributed by atoms with Crippen LogP contribution in [-0.4, -0.2) is 30.1 Å². The second-order valence-electron chi connectivity index (χ2n) is 15.2. The predicted octanol–water partition coefficient (Wildman–Crippen LogP) is 5.71. The van der Waals surface area contributed by atoms with Crippen LogP contribution in [-0.2, 0) is 9.59 Å². The number of carbonyl (C=O) groups excluding carboxylic acids is 2. The summed E-state index contributed by atoms with van der Waals surface area (Å²) in [6.07, 6.45) is 15.3. The highest BCUT2D eigenvalue weighted by Crippen LogP contribution is 2.74. The molecule has 6 rings (SSSR count). The van der Waals surface area contributed by atoms with Crippen molar-refractivity contribution in [1.82, 2.24) is 10.6 Å². The molecule has 0 aromatic carbocycles. The molecule has 6 aliphatic carbocycles. The van der Waals surface area contributed by atoms with E-state index in [0.29, 0.717) is 11.4 Å². The summed E-state index contributed by atoms with van der Waals surface area (Å²) in [6, 6.07) is 0. The van der Waals surface area contributed by atoms with Gasteiger partial charge in [-0.2, -0.15) is 5.26 Å². The number of rotatable bonds is 1. The van der Waals surface area contributed by atoms with Crippen LogP contribution in [0.3, 0.4) is 0 Å². The Labute approximate surface area is 238 Å². The third kappa shape index (κ3) is 3.30. The average Bonchev–Trinajstić information content (AvgIpc) is 3.67. The van der Waals surface area contributed by atoms with E-state index in [1.165, 1.54) is 12.8 Å². The summed E-state index contributed by atoms with van der Waals surface area (Å²) in [7, 11) is 1.69. The first kappa shape index (κ1) is 27.3. The van der Waals surface area contributed by atoms with Crippen LogP contribution in [0.4, 0.5) is 0 Å². The molecule has 2 N–H and O–H groups in total. The molecule has 0 radical (unpaired) electrons. The zero-order valence-corrected chi connectivity index (χ0v) is 24.9. The number of aliphatic imine (C=N–C) groups is 1. The topological polar surface area (TPSA) is 98.7 Å². The number of ketones is 2. The lowest BCUT2D eigenvalue weighted by molar-refractivity contribution is -0.158. The van der Waals surface area contributed by atoms with Gasteiger partial charge in [0.15, 0.2) is 17.8 Å². The number of allylic oxidation sites excluding steroid dienone is 4. The van der Waals surface area contributed by atoms with Crippen molar-refractivity contribution >= 4 is 17.5 Å². The van der Waals surface area contributed by atoms with E-state index in [4.69, 9.17) is 6.57 Å². The van der Waals surface area contributed by atoms with Gasteiger partial charge in [-0.3, -0.25) is 15.1 Å². The van der Waals surface area contributed by atoms with E-state index in [1.807, 2.05) is 32.2 Å². The van der Waals surface area contributed by atoms with Gasteiger partial charge in [0.05, 0.1) is 6.57 Å². The molecule has 4 fully saturated rings. The number of nitrogens with one attached hydrogen (secondary N) is 2. The van der Waals surface area contributed by atoms with Gasteiger partial charge in [-0.15, -0.1) is 0 Å². The highest BCUT2D eigenvalue weighted by molar-refractivity contribution is 6.03. The Morgan fingerprint density at radius 1 is 1.07 bits per heavy atom. The molecular weight excluding hydrogens is 498 g/mol. The van der Waals surface area contributed by atoms with Gasteiger partial charge in [0.1, 0.15) is 0 Å². The second kappa shape index (κ2) is 8.31. The van der Waals surface area contributed by atoms with Crippen LogP contribution in [0.25, 0.3) is 4.85 Å². The molecule has 0 amide bonds. The maximum Gasteiger partial charge on any atom is 0.226 e. The van der Waals surface area contributed by atoms with Crippen molar-refractivity contribution in [3.05, 3.63) is 34.8 Å². The largest absolute Gasteiger partial charge is 0.350 e. The molecule has 7 nitrogen and oxygen atoms in total. The zero-order chi connectivity index (χ0) is 28.9. The van der Waals surface area contributed by atoms with Gasteiger partial charge < -0.3 is 10.1 Å². The predicted molar refractivity (Wildman–Crippen MR) is 153 cm³/mol. The fraction of sp³-hybridized carbons (Fsp3) is 0.727. The highest BCUT2D eigenvalue weighted by Gasteiger charge is 2.70. The fourth-order valence-corrected chi connectivity index (χ4v) is 10.7. The minimum atomic E-state index is -0.649. The first-order valence-corrected chi connectivity index (χ1v) is 15.1. The average molecular weight is 542 g/mol. The van der Waals surface area contributed by atoms with Gasteiger partial charge in [-0.1, -0.05) is 46.3 Å². The molecule has 0 unspecified atom stereocenters. The summed E-state index contributed by atoms with van der Waals surface area (Å²) >= 11 is 0. The van der Waals surface area contributed by atoms with Crippen LogP contribution >= 0.6 is 0 Å². The van der Waals surface area contributed by atoms with Gasteiger partial charge in [0.2, 0.25) is 11.7 Å². The molecule has 0 saturated heterocycles. The van der Waals surface area contributed by atoms with Crippen molar-refractivity contribution in [2.75, 3.05) is 7.05 Å². The Morgan fingerprint density at radius 3 is 2.38 bits per heavy atom. The van der Waals surface area contributed by atoms with Crippen molar-refractivity contribution in [3.8, 4) is 6.19 Å². The number of carbonyl (C=O) groups is 2. The molecule has 0 aromatic heterocycles. The highest BCUT2D eigenvalue weighted by atomic mass is 16.1. The maximum atomic E-state index is 14.6. The second-order valence-corrected chi connectivity index (χ2v) is 15.2. The van der Waals surface area contributed by atoms with E-state index in [0.717, 1.165) is 50.5 Å². The third-order valence-corrected chi connectivity index (χ3v) is 13.3. The Morgan fingerprint density at radius 2 is 1.75 bits per heavy atom. The lowest BCUT2D eigenvalue weighted by Crippen LogP contribution is -2.70. The molecule has 0 bridgehead atoms. The van der Waals surface area contributed by atoms with Crippen LogP contribution in [0.5, 0.6) is 0 Å². The number of hydrogen-bond donors (Lipinski definition) is 2.